The molecule has 0 spiro atoms. The zero-order chi connectivity index (χ0) is 29.7. The van der Waals surface area contributed by atoms with Crippen LogP contribution in [0.5, 0.6) is 0 Å². The van der Waals surface area contributed by atoms with E-state index in [-0.39, 0.29) is 23.8 Å². The monoisotopic (exact) mass is 543 g/mol. The zero-order valence-electron chi connectivity index (χ0n) is 25.4. The van der Waals surface area contributed by atoms with Gasteiger partial charge >= 0.3 is 6.03 Å². The van der Waals surface area contributed by atoms with Gasteiger partial charge in [-0.05, 0) is 49.4 Å². The highest BCUT2D eigenvalue weighted by Gasteiger charge is 2.37. The molecule has 0 saturated carbocycles. The van der Waals surface area contributed by atoms with Crippen molar-refractivity contribution in [3.8, 4) is 0 Å². The Morgan fingerprint density at radius 2 is 1.45 bits per heavy atom. The molecule has 1 aliphatic carbocycles. The van der Waals surface area contributed by atoms with Gasteiger partial charge in [0.15, 0.2) is 0 Å². The second kappa shape index (κ2) is 13.4. The predicted octanol–water partition coefficient (Wildman–Crippen LogP) is 2.44. The maximum atomic E-state index is 13.0. The van der Waals surface area contributed by atoms with Crippen molar-refractivity contribution in [1.29, 1.82) is 0 Å². The summed E-state index contributed by atoms with van der Waals surface area (Å²) in [6, 6.07) is -1.83. The number of carbonyl (C=O) groups excluding carboxylic acids is 1. The number of urea groups is 1. The van der Waals surface area contributed by atoms with Gasteiger partial charge in [-0.1, -0.05) is 67.5 Å². The molecule has 0 saturated heterocycles. The molecule has 0 fully saturated rings. The Bertz CT molecular complexity index is 771. The zero-order valence-corrected chi connectivity index (χ0v) is 25.4. The Hall–Kier alpha value is -1.23. The molecule has 224 valence electrons. The van der Waals surface area contributed by atoms with Gasteiger partial charge in [0, 0.05) is 24.5 Å². The van der Waals surface area contributed by atoms with Crippen LogP contribution in [-0.2, 0) is 0 Å². The highest BCUT2D eigenvalue weighted by molar-refractivity contribution is 5.75. The topological polar surface area (TPSA) is 154 Å². The lowest BCUT2D eigenvalue weighted by Crippen LogP contribution is -2.59. The third kappa shape index (κ3) is 12.3. The molecule has 0 aromatic rings. The molecule has 9 nitrogen and oxygen atoms in total. The van der Waals surface area contributed by atoms with Crippen molar-refractivity contribution in [2.24, 2.45) is 16.2 Å². The van der Waals surface area contributed by atoms with Crippen LogP contribution in [-0.4, -0.2) is 86.3 Å². The number of hydrogen-bond donors (Lipinski definition) is 8. The van der Waals surface area contributed by atoms with Crippen molar-refractivity contribution in [3.63, 3.8) is 0 Å². The number of amides is 2. The molecule has 0 bridgehead atoms. The third-order valence-corrected chi connectivity index (χ3v) is 6.99. The predicted molar refractivity (Wildman–Crippen MR) is 152 cm³/mol. The quantitative estimate of drug-likeness (QED) is 0.186. The van der Waals surface area contributed by atoms with E-state index in [1.807, 2.05) is 27.7 Å². The molecule has 38 heavy (non-hydrogen) atoms. The molecule has 7 unspecified atom stereocenters. The molecule has 1 aliphatic rings. The number of aliphatic hydroxyl groups is 5. The summed E-state index contributed by atoms with van der Waals surface area (Å²) in [6.07, 6.45) is -0.664. The van der Waals surface area contributed by atoms with E-state index in [0.717, 1.165) is 12.8 Å². The Labute approximate surface area is 230 Å². The Kier molecular flexibility index (Phi) is 12.3. The Balaban J connectivity index is 3.03. The molecular weight excluding hydrogens is 486 g/mol. The molecular formula is C29H57N3O6. The van der Waals surface area contributed by atoms with Crippen molar-refractivity contribution in [2.45, 2.75) is 143 Å². The van der Waals surface area contributed by atoms with Gasteiger partial charge in [0.05, 0.1) is 24.4 Å². The summed E-state index contributed by atoms with van der Waals surface area (Å²) in [5.41, 5.74) is -0.977. The van der Waals surface area contributed by atoms with E-state index in [9.17, 15) is 30.3 Å². The van der Waals surface area contributed by atoms with Gasteiger partial charge in [0.1, 0.15) is 12.2 Å². The van der Waals surface area contributed by atoms with Gasteiger partial charge in [-0.2, -0.15) is 0 Å². The van der Waals surface area contributed by atoms with Gasteiger partial charge < -0.3 is 41.5 Å². The number of hydrogen-bond acceptors (Lipinski definition) is 7. The molecule has 7 atom stereocenters. The number of carbonyl (C=O) groups is 1. The third-order valence-electron chi connectivity index (χ3n) is 6.99. The van der Waals surface area contributed by atoms with E-state index >= 15 is 0 Å². The summed E-state index contributed by atoms with van der Waals surface area (Å²) in [4.78, 5) is 13.0. The lowest BCUT2D eigenvalue weighted by Gasteiger charge is -2.39. The fourth-order valence-electron chi connectivity index (χ4n) is 5.90. The first-order valence-electron chi connectivity index (χ1n) is 13.9. The smallest absolute Gasteiger partial charge is 0.315 e. The number of rotatable bonds is 11. The van der Waals surface area contributed by atoms with Crippen LogP contribution in [0.15, 0.2) is 12.2 Å². The first-order valence-corrected chi connectivity index (χ1v) is 13.9. The summed E-state index contributed by atoms with van der Waals surface area (Å²) < 4.78 is 0. The lowest BCUT2D eigenvalue weighted by molar-refractivity contribution is -0.0537. The van der Waals surface area contributed by atoms with Crippen LogP contribution >= 0.6 is 0 Å². The molecule has 1 rings (SSSR count). The molecule has 0 aromatic heterocycles. The summed E-state index contributed by atoms with van der Waals surface area (Å²) in [5.74, 6) is 0. The molecule has 0 heterocycles. The first kappa shape index (κ1) is 34.8. The highest BCUT2D eigenvalue weighted by atomic mass is 16.4. The van der Waals surface area contributed by atoms with Crippen molar-refractivity contribution in [1.82, 2.24) is 16.0 Å². The van der Waals surface area contributed by atoms with Crippen LogP contribution < -0.4 is 16.0 Å². The first-order chi connectivity index (χ1) is 17.0. The minimum absolute atomic E-state index is 0.00541. The maximum absolute atomic E-state index is 13.0. The average molecular weight is 544 g/mol. The normalized spacial score (nSPS) is 25.9. The average Bonchev–Trinajstić information content (AvgIpc) is 2.80. The lowest BCUT2D eigenvalue weighted by atomic mass is 9.71. The van der Waals surface area contributed by atoms with Crippen LogP contribution in [0.4, 0.5) is 4.79 Å². The fraction of sp³-hybridized carbons (Fsp3) is 0.897. The van der Waals surface area contributed by atoms with Crippen molar-refractivity contribution in [2.75, 3.05) is 6.54 Å². The van der Waals surface area contributed by atoms with Gasteiger partial charge in [-0.25, -0.2) is 4.79 Å². The van der Waals surface area contributed by atoms with E-state index in [2.05, 4.69) is 57.5 Å². The van der Waals surface area contributed by atoms with Crippen molar-refractivity contribution >= 4 is 6.03 Å². The second-order valence-corrected chi connectivity index (χ2v) is 15.0. The standard InChI is InChI=1S/C29H57N3O6/c1-26(2,3)16-28(7,8)22(35)14-21(34)19(31-25(38)32-29(9,10)17-27(4,5)6)15-30-18-12-11-13-20(33)24(37)23(18)36/h11,13,18-24,30,33-37H,12,14-17H2,1-10H3,(H2,31,32,38). The van der Waals surface area contributed by atoms with E-state index in [1.54, 1.807) is 6.08 Å². The molecule has 0 aromatic carbocycles. The highest BCUT2D eigenvalue weighted by Crippen LogP contribution is 2.37. The van der Waals surface area contributed by atoms with Gasteiger partial charge in [-0.3, -0.25) is 0 Å². The Morgan fingerprint density at radius 1 is 0.895 bits per heavy atom. The van der Waals surface area contributed by atoms with E-state index in [0.29, 0.717) is 6.42 Å². The summed E-state index contributed by atoms with van der Waals surface area (Å²) in [7, 11) is 0. The number of aliphatic hydroxyl groups excluding tert-OH is 5. The fourth-order valence-corrected chi connectivity index (χ4v) is 5.90. The SMILES string of the molecule is CC(C)(C)CC(C)(C)NC(=O)NC(CNC1CC=CC(O)C(O)C1O)C(O)CC(O)C(C)(C)CC(C)(C)C. The molecule has 8 N–H and O–H groups in total. The second-order valence-electron chi connectivity index (χ2n) is 15.0. The van der Waals surface area contributed by atoms with Crippen LogP contribution in [0.2, 0.25) is 0 Å². The molecule has 0 aliphatic heterocycles. The molecule has 9 heteroatoms. The van der Waals surface area contributed by atoms with E-state index in [4.69, 9.17) is 0 Å². The molecule has 2 amide bonds. The van der Waals surface area contributed by atoms with Crippen LogP contribution in [0.25, 0.3) is 0 Å². The minimum atomic E-state index is -1.36. The Morgan fingerprint density at radius 3 is 1.97 bits per heavy atom. The van der Waals surface area contributed by atoms with Crippen LogP contribution in [0.1, 0.15) is 94.9 Å². The summed E-state index contributed by atoms with van der Waals surface area (Å²) in [6.45, 7) is 20.5. The summed E-state index contributed by atoms with van der Waals surface area (Å²) in [5, 5.41) is 61.9. The summed E-state index contributed by atoms with van der Waals surface area (Å²) >= 11 is 0. The van der Waals surface area contributed by atoms with Gasteiger partial charge in [-0.15, -0.1) is 0 Å². The minimum Gasteiger partial charge on any atom is -0.392 e. The van der Waals surface area contributed by atoms with Gasteiger partial charge in [0.25, 0.3) is 0 Å². The molecule has 0 radical (unpaired) electrons. The van der Waals surface area contributed by atoms with Gasteiger partial charge in [0.2, 0.25) is 0 Å². The largest absolute Gasteiger partial charge is 0.392 e. The van der Waals surface area contributed by atoms with E-state index in [1.165, 1.54) is 6.08 Å². The van der Waals surface area contributed by atoms with Crippen molar-refractivity contribution in [3.05, 3.63) is 12.2 Å². The van der Waals surface area contributed by atoms with Crippen molar-refractivity contribution < 1.29 is 30.3 Å². The van der Waals surface area contributed by atoms with Crippen LogP contribution in [0.3, 0.4) is 0 Å². The van der Waals surface area contributed by atoms with Crippen LogP contribution in [0, 0.1) is 16.2 Å². The van der Waals surface area contributed by atoms with E-state index < -0.39 is 59.6 Å². The maximum Gasteiger partial charge on any atom is 0.315 e. The number of nitrogens with one attached hydrogen (secondary N) is 3.